The van der Waals surface area contributed by atoms with Crippen molar-refractivity contribution in [3.63, 3.8) is 0 Å². The summed E-state index contributed by atoms with van der Waals surface area (Å²) in [4.78, 5) is 0. The molecule has 1 unspecified atom stereocenters. The Labute approximate surface area is 295 Å². The number of hydrogen-bond donors (Lipinski definition) is 1. The molecule has 2 heteroatoms. The van der Waals surface area contributed by atoms with Crippen molar-refractivity contribution in [2.75, 3.05) is 5.32 Å². The molecule has 7 aromatic rings. The average molecular weight is 645 g/mol. The Morgan fingerprint density at radius 2 is 1.32 bits per heavy atom. The van der Waals surface area contributed by atoms with E-state index in [-0.39, 0.29) is 0 Å². The summed E-state index contributed by atoms with van der Waals surface area (Å²) in [6, 6.07) is 50.3. The van der Waals surface area contributed by atoms with Gasteiger partial charge in [-0.2, -0.15) is 0 Å². The van der Waals surface area contributed by atoms with Crippen LogP contribution in [0.2, 0.25) is 0 Å². The summed E-state index contributed by atoms with van der Waals surface area (Å²) >= 11 is 0. The Kier molecular flexibility index (Phi) is 8.36. The molecule has 8 rings (SSSR count). The third-order valence-electron chi connectivity index (χ3n) is 9.97. The fourth-order valence-electron chi connectivity index (χ4n) is 7.41. The van der Waals surface area contributed by atoms with Crippen LogP contribution in [0.25, 0.3) is 62.0 Å². The maximum atomic E-state index is 3.91. The Morgan fingerprint density at radius 1 is 0.680 bits per heavy atom. The molecule has 0 spiro atoms. The van der Waals surface area contributed by atoms with Crippen LogP contribution in [-0.4, -0.2) is 4.57 Å². The molecular formula is C48H40N2. The molecule has 1 atom stereocenters. The first-order chi connectivity index (χ1) is 24.6. The maximum Gasteiger partial charge on any atom is 0.0494 e. The number of nitrogens with one attached hydrogen (secondary N) is 1. The quantitative estimate of drug-likeness (QED) is 0.163. The summed E-state index contributed by atoms with van der Waals surface area (Å²) in [5.41, 5.74) is 15.8. The van der Waals surface area contributed by atoms with Crippen molar-refractivity contribution in [3.05, 3.63) is 187 Å². The highest BCUT2D eigenvalue weighted by Gasteiger charge is 2.24. The lowest BCUT2D eigenvalue weighted by atomic mass is 9.93. The van der Waals surface area contributed by atoms with Gasteiger partial charge in [-0.25, -0.2) is 0 Å². The molecule has 50 heavy (non-hydrogen) atoms. The van der Waals surface area contributed by atoms with Gasteiger partial charge in [0.1, 0.15) is 0 Å². The zero-order valence-electron chi connectivity index (χ0n) is 28.6. The zero-order valence-corrected chi connectivity index (χ0v) is 28.6. The molecule has 1 N–H and O–H groups in total. The molecule has 0 radical (unpaired) electrons. The highest BCUT2D eigenvalue weighted by atomic mass is 15.0. The molecule has 0 fully saturated rings. The van der Waals surface area contributed by atoms with E-state index in [1.807, 2.05) is 12.2 Å². The molecule has 0 bridgehead atoms. The van der Waals surface area contributed by atoms with E-state index in [2.05, 4.69) is 188 Å². The van der Waals surface area contributed by atoms with Crippen LogP contribution in [0.5, 0.6) is 0 Å². The average Bonchev–Trinajstić information content (AvgIpc) is 3.46. The number of fused-ring (bicyclic) bond motifs is 2. The van der Waals surface area contributed by atoms with Crippen LogP contribution < -0.4 is 5.32 Å². The van der Waals surface area contributed by atoms with Gasteiger partial charge in [0.25, 0.3) is 0 Å². The van der Waals surface area contributed by atoms with Crippen LogP contribution in [0.4, 0.5) is 11.4 Å². The summed E-state index contributed by atoms with van der Waals surface area (Å²) in [6.07, 6.45) is 11.7. The van der Waals surface area contributed by atoms with E-state index in [1.165, 1.54) is 72.4 Å². The van der Waals surface area contributed by atoms with E-state index in [9.17, 15) is 0 Å². The fourth-order valence-corrected chi connectivity index (χ4v) is 7.41. The summed E-state index contributed by atoms with van der Waals surface area (Å²) in [5, 5.41) is 6.13. The number of aromatic nitrogens is 1. The Bertz CT molecular complexity index is 2400. The molecule has 0 aliphatic heterocycles. The van der Waals surface area contributed by atoms with E-state index in [4.69, 9.17) is 0 Å². The molecule has 0 saturated heterocycles. The second-order valence-electron chi connectivity index (χ2n) is 13.2. The van der Waals surface area contributed by atoms with Gasteiger partial charge in [0.05, 0.1) is 0 Å². The number of rotatable bonds is 8. The largest absolute Gasteiger partial charge is 0.356 e. The first kappa shape index (κ1) is 31.2. The third-order valence-corrected chi connectivity index (χ3v) is 9.97. The monoisotopic (exact) mass is 644 g/mol. The van der Waals surface area contributed by atoms with Crippen molar-refractivity contribution in [1.82, 2.24) is 4.57 Å². The molecule has 1 aliphatic carbocycles. The van der Waals surface area contributed by atoms with Gasteiger partial charge in [0.15, 0.2) is 0 Å². The number of benzene rings is 6. The maximum absolute atomic E-state index is 3.91. The highest BCUT2D eigenvalue weighted by molar-refractivity contribution is 5.97. The van der Waals surface area contributed by atoms with Crippen molar-refractivity contribution in [1.29, 1.82) is 0 Å². The standard InChI is InChI=1S/C48H40N2/c1-4-5-22-47-34(3)44-20-8-12-33(2)48(44)50(47)43-18-10-16-39(32-43)36-25-29-42(30-26-36)49-41-27-23-35(24-28-41)38-15-9-17-40(31-38)46-21-11-14-37-13-6-7-19-45(37)46/h4-11,13-33,49H,1,12H2,2-3H3/b22-5-. The number of allylic oxidation sites excluding steroid dienone is 3. The summed E-state index contributed by atoms with van der Waals surface area (Å²) < 4.78 is 2.45. The van der Waals surface area contributed by atoms with Crippen molar-refractivity contribution >= 4 is 34.3 Å². The number of hydrogen-bond acceptors (Lipinski definition) is 1. The highest BCUT2D eigenvalue weighted by Crippen LogP contribution is 2.39. The zero-order chi connectivity index (χ0) is 34.0. The van der Waals surface area contributed by atoms with Gasteiger partial charge in [-0.15, -0.1) is 0 Å². The van der Waals surface area contributed by atoms with E-state index < -0.39 is 0 Å². The Hall–Kier alpha value is -6.12. The van der Waals surface area contributed by atoms with E-state index in [1.54, 1.807) is 0 Å². The van der Waals surface area contributed by atoms with Gasteiger partial charge in [0, 0.05) is 34.4 Å². The van der Waals surface area contributed by atoms with Gasteiger partial charge >= 0.3 is 0 Å². The van der Waals surface area contributed by atoms with Crippen LogP contribution in [0.15, 0.2) is 164 Å². The lowest BCUT2D eigenvalue weighted by molar-refractivity contribution is 0.716. The predicted octanol–water partition coefficient (Wildman–Crippen LogP) is 13.4. The first-order valence-corrected chi connectivity index (χ1v) is 17.4. The Balaban J connectivity index is 1.02. The van der Waals surface area contributed by atoms with Crippen LogP contribution in [0.3, 0.4) is 0 Å². The third kappa shape index (κ3) is 5.90. The number of nitrogens with zero attached hydrogens (tertiary/aromatic N) is 1. The topological polar surface area (TPSA) is 17.0 Å². The molecule has 0 saturated carbocycles. The molecule has 1 aromatic heterocycles. The number of anilines is 2. The van der Waals surface area contributed by atoms with Crippen molar-refractivity contribution < 1.29 is 0 Å². The van der Waals surface area contributed by atoms with Crippen LogP contribution in [-0.2, 0) is 0 Å². The molecule has 6 aromatic carbocycles. The minimum absolute atomic E-state index is 0.447. The second-order valence-corrected chi connectivity index (χ2v) is 13.2. The van der Waals surface area contributed by atoms with Crippen LogP contribution in [0.1, 0.15) is 41.8 Å². The lowest BCUT2D eigenvalue weighted by Crippen LogP contribution is -2.08. The van der Waals surface area contributed by atoms with Crippen LogP contribution >= 0.6 is 0 Å². The molecule has 1 aliphatic rings. The van der Waals surface area contributed by atoms with Crippen molar-refractivity contribution in [2.45, 2.75) is 26.2 Å². The Morgan fingerprint density at radius 3 is 2.06 bits per heavy atom. The molecule has 1 heterocycles. The SMILES string of the molecule is C=C/C=C\c1c(C)c2c(n1-c1cccc(-c3ccc(Nc4ccc(-c5cccc(-c6cccc7ccccc67)c5)cc4)cc3)c1)C(C)CC=C2. The van der Waals surface area contributed by atoms with Gasteiger partial charge in [-0.1, -0.05) is 135 Å². The van der Waals surface area contributed by atoms with Gasteiger partial charge in [-0.3, -0.25) is 0 Å². The molecule has 2 nitrogen and oxygen atoms in total. The summed E-state index contributed by atoms with van der Waals surface area (Å²) in [6.45, 7) is 8.47. The fraction of sp³-hybridized carbons (Fsp3) is 0.0833. The normalized spacial score (nSPS) is 13.8. The van der Waals surface area contributed by atoms with Gasteiger partial charge in [-0.05, 0) is 117 Å². The molecule has 0 amide bonds. The second kappa shape index (κ2) is 13.4. The predicted molar refractivity (Wildman–Crippen MR) is 215 cm³/mol. The summed E-state index contributed by atoms with van der Waals surface area (Å²) in [7, 11) is 0. The molecular weight excluding hydrogens is 605 g/mol. The minimum atomic E-state index is 0.447. The van der Waals surface area contributed by atoms with E-state index in [0.29, 0.717) is 5.92 Å². The van der Waals surface area contributed by atoms with Crippen LogP contribution in [0, 0.1) is 6.92 Å². The lowest BCUT2D eigenvalue weighted by Gasteiger charge is -2.20. The van der Waals surface area contributed by atoms with Gasteiger partial charge in [0.2, 0.25) is 0 Å². The summed E-state index contributed by atoms with van der Waals surface area (Å²) in [5.74, 6) is 0.447. The van der Waals surface area contributed by atoms with E-state index >= 15 is 0 Å². The van der Waals surface area contributed by atoms with Gasteiger partial charge < -0.3 is 9.88 Å². The minimum Gasteiger partial charge on any atom is -0.356 e. The van der Waals surface area contributed by atoms with Crippen molar-refractivity contribution in [2.24, 2.45) is 0 Å². The molecule has 242 valence electrons. The van der Waals surface area contributed by atoms with E-state index in [0.717, 1.165) is 17.8 Å². The van der Waals surface area contributed by atoms with Crippen molar-refractivity contribution in [3.8, 4) is 39.1 Å². The smallest absolute Gasteiger partial charge is 0.0494 e. The first-order valence-electron chi connectivity index (χ1n) is 17.4.